The van der Waals surface area contributed by atoms with Crippen LogP contribution in [0.1, 0.15) is 17.5 Å². The van der Waals surface area contributed by atoms with Crippen LogP contribution < -0.4 is 5.32 Å². The molecular formula is C12H16ClN. The fourth-order valence-corrected chi connectivity index (χ4v) is 1.34. The van der Waals surface area contributed by atoms with Crippen LogP contribution in [0, 0.1) is 6.92 Å². The first-order chi connectivity index (χ1) is 6.74. The smallest absolute Gasteiger partial charge is 0.0435 e. The molecule has 0 amide bonds. The van der Waals surface area contributed by atoms with Gasteiger partial charge < -0.3 is 5.32 Å². The van der Waals surface area contributed by atoms with Crippen molar-refractivity contribution in [2.75, 3.05) is 13.6 Å². The Bertz CT molecular complexity index is 318. The summed E-state index contributed by atoms with van der Waals surface area (Å²) in [4.78, 5) is 0. The maximum atomic E-state index is 5.93. The molecule has 2 heteroatoms. The monoisotopic (exact) mass is 209 g/mol. The van der Waals surface area contributed by atoms with Crippen LogP contribution in [-0.4, -0.2) is 13.6 Å². The lowest BCUT2D eigenvalue weighted by Crippen LogP contribution is -2.05. The first-order valence-corrected chi connectivity index (χ1v) is 5.19. The molecule has 0 fully saturated rings. The van der Waals surface area contributed by atoms with E-state index in [-0.39, 0.29) is 0 Å². The van der Waals surface area contributed by atoms with Crippen molar-refractivity contribution >= 4 is 17.7 Å². The Balaban J connectivity index is 2.59. The van der Waals surface area contributed by atoms with E-state index >= 15 is 0 Å². The van der Waals surface area contributed by atoms with Gasteiger partial charge in [0.05, 0.1) is 0 Å². The van der Waals surface area contributed by atoms with Crippen molar-refractivity contribution in [3.05, 3.63) is 40.4 Å². The van der Waals surface area contributed by atoms with Gasteiger partial charge in [-0.3, -0.25) is 0 Å². The topological polar surface area (TPSA) is 12.0 Å². The van der Waals surface area contributed by atoms with Crippen molar-refractivity contribution in [3.63, 3.8) is 0 Å². The molecule has 0 aromatic heterocycles. The molecule has 76 valence electrons. The van der Waals surface area contributed by atoms with Gasteiger partial charge >= 0.3 is 0 Å². The molecule has 0 saturated carbocycles. The predicted octanol–water partition coefficient (Wildman–Crippen LogP) is 3.27. The van der Waals surface area contributed by atoms with E-state index in [4.69, 9.17) is 11.6 Å². The molecule has 0 aliphatic carbocycles. The van der Waals surface area contributed by atoms with E-state index in [1.807, 2.05) is 26.1 Å². The second-order valence-corrected chi connectivity index (χ2v) is 3.71. The maximum Gasteiger partial charge on any atom is 0.0435 e. The van der Waals surface area contributed by atoms with Gasteiger partial charge in [0.1, 0.15) is 0 Å². The molecule has 0 saturated heterocycles. The van der Waals surface area contributed by atoms with E-state index in [0.717, 1.165) is 23.6 Å². The van der Waals surface area contributed by atoms with Gasteiger partial charge in [0.25, 0.3) is 0 Å². The van der Waals surface area contributed by atoms with Gasteiger partial charge in [-0.2, -0.15) is 0 Å². The van der Waals surface area contributed by atoms with E-state index in [1.165, 1.54) is 5.56 Å². The molecule has 0 spiro atoms. The lowest BCUT2D eigenvalue weighted by molar-refractivity contribution is 0.809. The lowest BCUT2D eigenvalue weighted by atomic mass is 10.1. The van der Waals surface area contributed by atoms with E-state index in [9.17, 15) is 0 Å². The summed E-state index contributed by atoms with van der Waals surface area (Å²) in [5.74, 6) is 0. The molecule has 0 bridgehead atoms. The fourth-order valence-electron chi connectivity index (χ4n) is 1.22. The molecule has 1 aromatic rings. The van der Waals surface area contributed by atoms with Gasteiger partial charge in [-0.1, -0.05) is 35.9 Å². The van der Waals surface area contributed by atoms with Crippen molar-refractivity contribution in [2.45, 2.75) is 13.3 Å². The third-order valence-corrected chi connectivity index (χ3v) is 2.48. The van der Waals surface area contributed by atoms with Crippen molar-refractivity contribution in [1.29, 1.82) is 0 Å². The summed E-state index contributed by atoms with van der Waals surface area (Å²) in [6.07, 6.45) is 5.35. The normalized spacial score (nSPS) is 11.1. The molecule has 14 heavy (non-hydrogen) atoms. The van der Waals surface area contributed by atoms with Gasteiger partial charge in [-0.15, -0.1) is 0 Å². The van der Waals surface area contributed by atoms with Gasteiger partial charge in [0, 0.05) is 5.02 Å². The average Bonchev–Trinajstić information content (AvgIpc) is 2.18. The van der Waals surface area contributed by atoms with Crippen LogP contribution in [0.5, 0.6) is 0 Å². The second-order valence-electron chi connectivity index (χ2n) is 3.30. The Kier molecular flexibility index (Phi) is 4.71. The number of benzene rings is 1. The molecule has 0 atom stereocenters. The molecule has 1 aromatic carbocycles. The summed E-state index contributed by atoms with van der Waals surface area (Å²) in [6.45, 7) is 3.04. The van der Waals surface area contributed by atoms with Gasteiger partial charge in [-0.25, -0.2) is 0 Å². The summed E-state index contributed by atoms with van der Waals surface area (Å²) >= 11 is 5.93. The fraction of sp³-hybridized carbons (Fsp3) is 0.333. The number of hydrogen-bond acceptors (Lipinski definition) is 1. The molecule has 0 heterocycles. The van der Waals surface area contributed by atoms with Crippen LogP contribution in [0.4, 0.5) is 0 Å². The number of aryl methyl sites for hydroxylation is 1. The first kappa shape index (κ1) is 11.3. The average molecular weight is 210 g/mol. The molecular weight excluding hydrogens is 194 g/mol. The minimum absolute atomic E-state index is 0.831. The predicted molar refractivity (Wildman–Crippen MR) is 63.8 cm³/mol. The molecule has 1 rings (SSSR count). The summed E-state index contributed by atoms with van der Waals surface area (Å²) < 4.78 is 0. The third kappa shape index (κ3) is 3.52. The molecule has 1 nitrogen and oxygen atoms in total. The Hall–Kier alpha value is -0.790. The highest BCUT2D eigenvalue weighted by molar-refractivity contribution is 6.31. The Labute approximate surface area is 90.8 Å². The quantitative estimate of drug-likeness (QED) is 0.751. The zero-order chi connectivity index (χ0) is 10.4. The number of nitrogens with one attached hydrogen (secondary N) is 1. The van der Waals surface area contributed by atoms with Gasteiger partial charge in [0.15, 0.2) is 0 Å². The minimum atomic E-state index is 0.831. The van der Waals surface area contributed by atoms with Crippen LogP contribution in [0.25, 0.3) is 6.08 Å². The summed E-state index contributed by atoms with van der Waals surface area (Å²) in [6, 6.07) is 6.07. The Morgan fingerprint density at radius 2 is 2.21 bits per heavy atom. The second kappa shape index (κ2) is 5.84. The summed E-state index contributed by atoms with van der Waals surface area (Å²) in [5, 5.41) is 3.93. The Morgan fingerprint density at radius 1 is 1.43 bits per heavy atom. The van der Waals surface area contributed by atoms with E-state index < -0.39 is 0 Å². The molecule has 0 radical (unpaired) electrons. The number of hydrogen-bond donors (Lipinski definition) is 1. The largest absolute Gasteiger partial charge is 0.319 e. The maximum absolute atomic E-state index is 5.93. The molecule has 0 unspecified atom stereocenters. The molecule has 0 aliphatic heterocycles. The lowest BCUT2D eigenvalue weighted by Gasteiger charge is -1.99. The van der Waals surface area contributed by atoms with Crippen LogP contribution in [0.3, 0.4) is 0 Å². The highest BCUT2D eigenvalue weighted by atomic mass is 35.5. The van der Waals surface area contributed by atoms with Crippen LogP contribution in [0.2, 0.25) is 5.02 Å². The zero-order valence-corrected chi connectivity index (χ0v) is 9.43. The van der Waals surface area contributed by atoms with Crippen molar-refractivity contribution in [1.82, 2.24) is 5.32 Å². The molecule has 0 aliphatic rings. The summed E-state index contributed by atoms with van der Waals surface area (Å²) in [5.41, 5.74) is 2.34. The summed E-state index contributed by atoms with van der Waals surface area (Å²) in [7, 11) is 1.96. The van der Waals surface area contributed by atoms with Crippen molar-refractivity contribution < 1.29 is 0 Å². The highest BCUT2D eigenvalue weighted by Gasteiger charge is 1.93. The molecule has 1 N–H and O–H groups in total. The van der Waals surface area contributed by atoms with Crippen LogP contribution in [0.15, 0.2) is 24.3 Å². The number of rotatable bonds is 4. The third-order valence-electron chi connectivity index (χ3n) is 2.05. The van der Waals surface area contributed by atoms with E-state index in [0.29, 0.717) is 0 Å². The van der Waals surface area contributed by atoms with Gasteiger partial charge in [-0.05, 0) is 44.1 Å². The standard InChI is InChI=1S/C12H16ClN/c1-10-9-11(6-7-12(10)13)5-3-4-8-14-2/h3,5-7,9,14H,4,8H2,1-2H3. The highest BCUT2D eigenvalue weighted by Crippen LogP contribution is 2.17. The van der Waals surface area contributed by atoms with E-state index in [1.54, 1.807) is 0 Å². The number of halogens is 1. The first-order valence-electron chi connectivity index (χ1n) is 4.81. The zero-order valence-electron chi connectivity index (χ0n) is 8.68. The van der Waals surface area contributed by atoms with Crippen LogP contribution in [-0.2, 0) is 0 Å². The van der Waals surface area contributed by atoms with Gasteiger partial charge in [0.2, 0.25) is 0 Å². The van der Waals surface area contributed by atoms with Crippen LogP contribution >= 0.6 is 11.6 Å². The van der Waals surface area contributed by atoms with E-state index in [2.05, 4.69) is 23.5 Å². The van der Waals surface area contributed by atoms with Crippen molar-refractivity contribution in [3.8, 4) is 0 Å². The minimum Gasteiger partial charge on any atom is -0.319 e. The van der Waals surface area contributed by atoms with Crippen molar-refractivity contribution in [2.24, 2.45) is 0 Å². The SMILES string of the molecule is CNCCC=Cc1ccc(Cl)c(C)c1. The Morgan fingerprint density at radius 3 is 2.86 bits per heavy atom.